The second-order valence-corrected chi connectivity index (χ2v) is 13.4. The smallest absolute Gasteiger partial charge is 0.161 e. The van der Waals surface area contributed by atoms with Crippen LogP contribution in [0, 0.1) is 5.92 Å². The molecule has 2 saturated heterocycles. The molecule has 0 saturated carbocycles. The molecule has 4 aromatic rings. The van der Waals surface area contributed by atoms with Gasteiger partial charge >= 0.3 is 0 Å². The number of nitrogens with zero attached hydrogens (tertiary/aromatic N) is 1. The van der Waals surface area contributed by atoms with Crippen LogP contribution in [0.25, 0.3) is 0 Å². The van der Waals surface area contributed by atoms with Crippen LogP contribution in [0.3, 0.4) is 0 Å². The fourth-order valence-electron chi connectivity index (χ4n) is 8.28. The van der Waals surface area contributed by atoms with Crippen LogP contribution in [-0.4, -0.2) is 52.9 Å². The molecular formula is C41H47NO5. The number of hydrogen-bond donors (Lipinski definition) is 0. The predicted molar refractivity (Wildman–Crippen MR) is 186 cm³/mol. The van der Waals surface area contributed by atoms with Crippen LogP contribution >= 0.6 is 0 Å². The third-order valence-electron chi connectivity index (χ3n) is 10.7. The van der Waals surface area contributed by atoms with Gasteiger partial charge in [0.15, 0.2) is 6.29 Å². The molecule has 0 aromatic heterocycles. The van der Waals surface area contributed by atoms with E-state index in [4.69, 9.17) is 23.7 Å². The lowest BCUT2D eigenvalue weighted by Gasteiger charge is -2.40. The lowest BCUT2D eigenvalue weighted by molar-refractivity contribution is -0.136. The van der Waals surface area contributed by atoms with Gasteiger partial charge in [-0.1, -0.05) is 72.8 Å². The zero-order valence-corrected chi connectivity index (χ0v) is 27.9. The van der Waals surface area contributed by atoms with Crippen LogP contribution in [-0.2, 0) is 27.2 Å². The van der Waals surface area contributed by atoms with Crippen molar-refractivity contribution < 1.29 is 23.7 Å². The van der Waals surface area contributed by atoms with E-state index in [0.717, 1.165) is 56.7 Å². The molecule has 0 radical (unpaired) electrons. The fourth-order valence-corrected chi connectivity index (χ4v) is 8.28. The minimum Gasteiger partial charge on any atom is -0.496 e. The van der Waals surface area contributed by atoms with Crippen LogP contribution in [0.1, 0.15) is 65.3 Å². The monoisotopic (exact) mass is 633 g/mol. The van der Waals surface area contributed by atoms with Crippen molar-refractivity contribution in [3.8, 4) is 11.5 Å². The molecule has 0 amide bonds. The molecule has 3 aliphatic rings. The van der Waals surface area contributed by atoms with Gasteiger partial charge < -0.3 is 28.6 Å². The van der Waals surface area contributed by atoms with Gasteiger partial charge in [0.1, 0.15) is 18.1 Å². The number of aryl methyl sites for hydroxylation is 1. The standard InChI is InChI=1S/C41H47NO5/c1-43-38-25-33(42-22-20-41(21-23-42)26-32(28-47-41)40(44-2)45-3)15-18-37(38)39-35(30-12-8-5-9-13-30)17-14-31-24-34(16-19-36(31)39)46-27-29-10-6-4-7-11-29/h4-13,15-16,18-19,24-25,32,35,39-40H,14,17,20-23,26-28H2,1-3H3/t32-,35-,39+/m1/s1. The molecule has 246 valence electrons. The number of benzene rings is 4. The van der Waals surface area contributed by atoms with E-state index in [-0.39, 0.29) is 23.7 Å². The molecule has 4 aromatic carbocycles. The van der Waals surface area contributed by atoms with Crippen molar-refractivity contribution in [3.63, 3.8) is 0 Å². The Kier molecular flexibility index (Phi) is 9.53. The summed E-state index contributed by atoms with van der Waals surface area (Å²) in [5, 5.41) is 0. The summed E-state index contributed by atoms with van der Waals surface area (Å²) < 4.78 is 30.0. The number of rotatable bonds is 10. The summed E-state index contributed by atoms with van der Waals surface area (Å²) in [4.78, 5) is 2.48. The maximum atomic E-state index is 6.42. The van der Waals surface area contributed by atoms with Gasteiger partial charge in [-0.2, -0.15) is 0 Å². The lowest BCUT2D eigenvalue weighted by Crippen LogP contribution is -2.44. The van der Waals surface area contributed by atoms with Crippen LogP contribution in [0.2, 0.25) is 0 Å². The van der Waals surface area contributed by atoms with E-state index >= 15 is 0 Å². The van der Waals surface area contributed by atoms with Crippen LogP contribution in [0.5, 0.6) is 11.5 Å². The van der Waals surface area contributed by atoms with Gasteiger partial charge in [0.05, 0.1) is 19.3 Å². The fraction of sp³-hybridized carbons (Fsp3) is 0.415. The van der Waals surface area contributed by atoms with Crippen LogP contribution < -0.4 is 14.4 Å². The van der Waals surface area contributed by atoms with Gasteiger partial charge in [0.25, 0.3) is 0 Å². The van der Waals surface area contributed by atoms with E-state index in [1.165, 1.54) is 33.5 Å². The number of hydrogen-bond acceptors (Lipinski definition) is 6. The van der Waals surface area contributed by atoms with Crippen LogP contribution in [0.15, 0.2) is 97.1 Å². The number of fused-ring (bicyclic) bond motifs is 1. The first-order valence-electron chi connectivity index (χ1n) is 17.1. The second-order valence-electron chi connectivity index (χ2n) is 13.4. The Morgan fingerprint density at radius 1 is 0.830 bits per heavy atom. The topological polar surface area (TPSA) is 49.4 Å². The summed E-state index contributed by atoms with van der Waals surface area (Å²) in [5.74, 6) is 2.68. The largest absolute Gasteiger partial charge is 0.496 e. The van der Waals surface area contributed by atoms with Gasteiger partial charge in [-0.25, -0.2) is 0 Å². The van der Waals surface area contributed by atoms with E-state index in [1.54, 1.807) is 14.2 Å². The number of ether oxygens (including phenoxy) is 5. The third kappa shape index (κ3) is 6.64. The highest BCUT2D eigenvalue weighted by Crippen LogP contribution is 2.50. The minimum atomic E-state index is -0.206. The molecule has 1 aliphatic carbocycles. The Labute approximate surface area is 279 Å². The highest BCUT2D eigenvalue weighted by Gasteiger charge is 2.45. The molecule has 0 N–H and O–H groups in total. The molecule has 2 fully saturated rings. The summed E-state index contributed by atoms with van der Waals surface area (Å²) in [6.07, 6.45) is 4.85. The normalized spacial score (nSPS) is 22.0. The molecule has 3 atom stereocenters. The molecule has 47 heavy (non-hydrogen) atoms. The zero-order valence-electron chi connectivity index (χ0n) is 27.9. The highest BCUT2D eigenvalue weighted by atomic mass is 16.7. The Hall–Kier alpha value is -3.84. The average molecular weight is 634 g/mol. The van der Waals surface area contributed by atoms with E-state index < -0.39 is 0 Å². The quantitative estimate of drug-likeness (QED) is 0.164. The number of methoxy groups -OCH3 is 3. The third-order valence-corrected chi connectivity index (χ3v) is 10.7. The van der Waals surface area contributed by atoms with E-state index in [0.29, 0.717) is 19.1 Å². The van der Waals surface area contributed by atoms with Crippen molar-refractivity contribution >= 4 is 5.69 Å². The van der Waals surface area contributed by atoms with Crippen molar-refractivity contribution in [2.75, 3.05) is 45.9 Å². The maximum Gasteiger partial charge on any atom is 0.161 e. The average Bonchev–Trinajstić information content (AvgIpc) is 3.54. The summed E-state index contributed by atoms with van der Waals surface area (Å²) in [7, 11) is 5.24. The maximum absolute atomic E-state index is 6.42. The second kappa shape index (κ2) is 14.1. The van der Waals surface area contributed by atoms with Gasteiger partial charge in [-0.05, 0) is 78.5 Å². The summed E-state index contributed by atoms with van der Waals surface area (Å²) in [6, 6.07) is 34.9. The first-order valence-corrected chi connectivity index (χ1v) is 17.1. The van der Waals surface area contributed by atoms with Crippen molar-refractivity contribution in [2.45, 2.75) is 62.4 Å². The number of anilines is 1. The van der Waals surface area contributed by atoms with E-state index in [9.17, 15) is 0 Å². The van der Waals surface area contributed by atoms with Crippen molar-refractivity contribution in [1.29, 1.82) is 0 Å². The van der Waals surface area contributed by atoms with E-state index in [1.807, 2.05) is 13.2 Å². The molecule has 2 aliphatic heterocycles. The van der Waals surface area contributed by atoms with Crippen molar-refractivity contribution in [2.24, 2.45) is 5.92 Å². The summed E-state index contributed by atoms with van der Waals surface area (Å²) >= 11 is 0. The van der Waals surface area contributed by atoms with Gasteiger partial charge in [-0.15, -0.1) is 0 Å². The summed E-state index contributed by atoms with van der Waals surface area (Å²) in [6.45, 7) is 3.16. The zero-order chi connectivity index (χ0) is 32.2. The molecule has 6 nitrogen and oxygen atoms in total. The predicted octanol–water partition coefficient (Wildman–Crippen LogP) is 8.13. The van der Waals surface area contributed by atoms with Gasteiger partial charge in [0.2, 0.25) is 0 Å². The van der Waals surface area contributed by atoms with Crippen molar-refractivity contribution in [1.82, 2.24) is 0 Å². The Balaban J connectivity index is 1.13. The Bertz CT molecular complexity index is 1610. The molecule has 2 heterocycles. The Morgan fingerprint density at radius 3 is 2.28 bits per heavy atom. The van der Waals surface area contributed by atoms with Crippen molar-refractivity contribution in [3.05, 3.63) is 125 Å². The molecule has 7 rings (SSSR count). The first-order chi connectivity index (χ1) is 23.1. The lowest BCUT2D eigenvalue weighted by atomic mass is 9.69. The Morgan fingerprint density at radius 2 is 1.55 bits per heavy atom. The van der Waals surface area contributed by atoms with Gasteiger partial charge in [0, 0.05) is 56.5 Å². The molecule has 1 spiro atoms. The molecule has 6 heteroatoms. The molecular weight excluding hydrogens is 586 g/mol. The van der Waals surface area contributed by atoms with Gasteiger partial charge in [-0.3, -0.25) is 0 Å². The van der Waals surface area contributed by atoms with E-state index in [2.05, 4.69) is 95.9 Å². The number of piperidine rings is 1. The highest BCUT2D eigenvalue weighted by molar-refractivity contribution is 5.59. The summed E-state index contributed by atoms with van der Waals surface area (Å²) in [5.41, 5.74) is 7.63. The molecule has 0 unspecified atom stereocenters. The molecule has 0 bridgehead atoms. The SMILES string of the molecule is COc1cc(N2CCC3(CC2)C[C@@H](C(OC)OC)CO3)ccc1[C@@H]1c2ccc(OCc3ccccc3)cc2CC[C@@H]1c1ccccc1. The minimum absolute atomic E-state index is 0.0844. The van der Waals surface area contributed by atoms with Crippen LogP contribution in [0.4, 0.5) is 5.69 Å². The first kappa shape index (κ1) is 31.7.